The lowest BCUT2D eigenvalue weighted by atomic mass is 10.6. The average Bonchev–Trinajstić information content (AvgIpc) is 3.05. The van der Waals surface area contributed by atoms with E-state index in [1.807, 2.05) is 5.32 Å². The Labute approximate surface area is 113 Å². The first kappa shape index (κ1) is 13.7. The number of thioether (sulfide) groups is 1. The number of rotatable bonds is 7. The van der Waals surface area contributed by atoms with Gasteiger partial charge in [0.15, 0.2) is 0 Å². The summed E-state index contributed by atoms with van der Waals surface area (Å²) in [5.41, 5.74) is 4.84. The van der Waals surface area contributed by atoms with E-state index in [1.165, 1.54) is 12.8 Å². The molecule has 1 saturated carbocycles. The molecule has 4 N–H and O–H groups in total. The number of urea groups is 1. The van der Waals surface area contributed by atoms with E-state index in [4.69, 9.17) is 5.73 Å². The van der Waals surface area contributed by atoms with Crippen LogP contribution in [0.4, 0.5) is 4.79 Å². The predicted octanol–water partition coefficient (Wildman–Crippen LogP) is -1.29. The Bertz CT molecular complexity index is 459. The highest BCUT2D eigenvalue weighted by atomic mass is 32.2. The lowest BCUT2D eigenvalue weighted by Gasteiger charge is -2.05. The van der Waals surface area contributed by atoms with Gasteiger partial charge in [0.05, 0.1) is 12.3 Å². The number of carbonyl (C=O) groups excluding carboxylic acids is 2. The maximum absolute atomic E-state index is 11.2. The summed E-state index contributed by atoms with van der Waals surface area (Å²) in [5.74, 6) is -0.428. The zero-order valence-electron chi connectivity index (χ0n) is 10.2. The van der Waals surface area contributed by atoms with E-state index in [-0.39, 0.29) is 5.75 Å². The van der Waals surface area contributed by atoms with Crippen molar-refractivity contribution < 1.29 is 9.59 Å². The lowest BCUT2D eigenvalue weighted by Crippen LogP contribution is -2.36. The number of tetrazole rings is 1. The van der Waals surface area contributed by atoms with Crippen molar-refractivity contribution in [1.82, 2.24) is 30.8 Å². The van der Waals surface area contributed by atoms with Gasteiger partial charge in [0.25, 0.3) is 0 Å². The number of hydrogen-bond donors (Lipinski definition) is 3. The summed E-state index contributed by atoms with van der Waals surface area (Å²) in [6.45, 7) is 1.43. The standard InChI is InChI=1S/C9H15N7O2S/c10-8(18)12-7(17)5-19-9-13-14-15-16(9)4-3-11-6-1-2-6/h6,11H,1-5H2,(H3,10,12,17,18). The van der Waals surface area contributed by atoms with Crippen molar-refractivity contribution in [3.63, 3.8) is 0 Å². The van der Waals surface area contributed by atoms with Crippen molar-refractivity contribution in [1.29, 1.82) is 0 Å². The zero-order chi connectivity index (χ0) is 13.7. The highest BCUT2D eigenvalue weighted by molar-refractivity contribution is 7.99. The van der Waals surface area contributed by atoms with E-state index in [0.717, 1.165) is 18.3 Å². The predicted molar refractivity (Wildman–Crippen MR) is 67.3 cm³/mol. The number of aromatic nitrogens is 4. The fraction of sp³-hybridized carbons (Fsp3) is 0.667. The fourth-order valence-corrected chi connectivity index (χ4v) is 2.11. The molecular weight excluding hydrogens is 270 g/mol. The molecule has 1 aromatic heterocycles. The van der Waals surface area contributed by atoms with E-state index < -0.39 is 11.9 Å². The zero-order valence-corrected chi connectivity index (χ0v) is 11.0. The minimum atomic E-state index is -0.862. The number of hydrogen-bond acceptors (Lipinski definition) is 7. The highest BCUT2D eigenvalue weighted by Crippen LogP contribution is 2.18. The second kappa shape index (κ2) is 6.48. The Kier molecular flexibility index (Phi) is 4.68. The van der Waals surface area contributed by atoms with Crippen LogP contribution in [-0.4, -0.2) is 50.5 Å². The van der Waals surface area contributed by atoms with Crippen LogP contribution in [0.3, 0.4) is 0 Å². The van der Waals surface area contributed by atoms with Crippen molar-refractivity contribution in [2.24, 2.45) is 5.73 Å². The molecule has 0 spiro atoms. The van der Waals surface area contributed by atoms with Gasteiger partial charge in [-0.05, 0) is 23.3 Å². The Morgan fingerprint density at radius 3 is 2.95 bits per heavy atom. The first-order chi connectivity index (χ1) is 9.15. The summed E-state index contributed by atoms with van der Waals surface area (Å²) in [7, 11) is 0. The van der Waals surface area contributed by atoms with Crippen molar-refractivity contribution >= 4 is 23.7 Å². The lowest BCUT2D eigenvalue weighted by molar-refractivity contribution is -0.117. The number of primary amides is 1. The van der Waals surface area contributed by atoms with Crippen LogP contribution < -0.4 is 16.4 Å². The number of nitrogens with two attached hydrogens (primary N) is 1. The third-order valence-electron chi connectivity index (χ3n) is 2.43. The molecule has 1 aromatic rings. The maximum atomic E-state index is 11.2. The van der Waals surface area contributed by atoms with Gasteiger partial charge in [-0.15, -0.1) is 5.10 Å². The van der Waals surface area contributed by atoms with E-state index in [9.17, 15) is 9.59 Å². The van der Waals surface area contributed by atoms with Crippen LogP contribution >= 0.6 is 11.8 Å². The second-order valence-corrected chi connectivity index (χ2v) is 5.06. The molecule has 0 aromatic carbocycles. The van der Waals surface area contributed by atoms with E-state index in [0.29, 0.717) is 17.7 Å². The summed E-state index contributed by atoms with van der Waals surface area (Å²) in [5, 5.41) is 17.1. The van der Waals surface area contributed by atoms with Gasteiger partial charge >= 0.3 is 6.03 Å². The van der Waals surface area contributed by atoms with Crippen LogP contribution in [0.2, 0.25) is 0 Å². The number of nitrogens with zero attached hydrogens (tertiary/aromatic N) is 4. The molecule has 2 rings (SSSR count). The molecule has 0 atom stereocenters. The van der Waals surface area contributed by atoms with Gasteiger partial charge in [0.1, 0.15) is 0 Å². The Morgan fingerprint density at radius 2 is 2.26 bits per heavy atom. The molecule has 1 heterocycles. The largest absolute Gasteiger partial charge is 0.351 e. The number of imide groups is 1. The normalized spacial score (nSPS) is 14.3. The smallest absolute Gasteiger partial charge is 0.318 e. The molecule has 0 unspecified atom stereocenters. The number of amides is 3. The Hall–Kier alpha value is -1.68. The summed E-state index contributed by atoms with van der Waals surface area (Å²) >= 11 is 1.16. The van der Waals surface area contributed by atoms with Crippen molar-refractivity contribution in [2.75, 3.05) is 12.3 Å². The number of carbonyl (C=O) groups is 2. The minimum Gasteiger partial charge on any atom is -0.351 e. The maximum Gasteiger partial charge on any atom is 0.318 e. The summed E-state index contributed by atoms with van der Waals surface area (Å²) < 4.78 is 1.62. The minimum absolute atomic E-state index is 0.0410. The Balaban J connectivity index is 1.74. The molecule has 19 heavy (non-hydrogen) atoms. The van der Waals surface area contributed by atoms with Gasteiger partial charge in [-0.2, -0.15) is 0 Å². The fourth-order valence-electron chi connectivity index (χ4n) is 1.41. The molecule has 1 aliphatic carbocycles. The third kappa shape index (κ3) is 4.83. The Morgan fingerprint density at radius 1 is 1.47 bits per heavy atom. The van der Waals surface area contributed by atoms with Gasteiger partial charge in [-0.3, -0.25) is 10.1 Å². The van der Waals surface area contributed by atoms with Crippen LogP contribution in [0.1, 0.15) is 12.8 Å². The van der Waals surface area contributed by atoms with E-state index >= 15 is 0 Å². The molecule has 104 valence electrons. The van der Waals surface area contributed by atoms with Crippen molar-refractivity contribution in [2.45, 2.75) is 30.6 Å². The quantitative estimate of drug-likeness (QED) is 0.532. The topological polar surface area (TPSA) is 128 Å². The monoisotopic (exact) mass is 285 g/mol. The molecule has 0 aliphatic heterocycles. The summed E-state index contributed by atoms with van der Waals surface area (Å²) in [6.07, 6.45) is 2.45. The average molecular weight is 285 g/mol. The van der Waals surface area contributed by atoms with Crippen LogP contribution in [0.25, 0.3) is 0 Å². The first-order valence-electron chi connectivity index (χ1n) is 5.87. The molecule has 0 saturated heterocycles. The molecular formula is C9H15N7O2S. The molecule has 10 heteroatoms. The van der Waals surface area contributed by atoms with Crippen molar-refractivity contribution in [3.8, 4) is 0 Å². The molecule has 1 aliphatic rings. The second-order valence-electron chi connectivity index (χ2n) is 4.11. The van der Waals surface area contributed by atoms with Gasteiger partial charge in [-0.1, -0.05) is 11.8 Å². The molecule has 9 nitrogen and oxygen atoms in total. The summed E-state index contributed by atoms with van der Waals surface area (Å²) in [4.78, 5) is 21.7. The molecule has 1 fully saturated rings. The number of nitrogens with one attached hydrogen (secondary N) is 2. The van der Waals surface area contributed by atoms with Gasteiger partial charge in [-0.25, -0.2) is 9.48 Å². The molecule has 0 bridgehead atoms. The molecule has 3 amide bonds. The third-order valence-corrected chi connectivity index (χ3v) is 3.39. The van der Waals surface area contributed by atoms with Crippen LogP contribution in [0, 0.1) is 0 Å². The van der Waals surface area contributed by atoms with Crippen molar-refractivity contribution in [3.05, 3.63) is 0 Å². The van der Waals surface area contributed by atoms with Crippen LogP contribution in [0.5, 0.6) is 0 Å². The van der Waals surface area contributed by atoms with Gasteiger partial charge < -0.3 is 11.1 Å². The van der Waals surface area contributed by atoms with Gasteiger partial charge in [0.2, 0.25) is 11.1 Å². The summed E-state index contributed by atoms with van der Waals surface area (Å²) in [6, 6.07) is -0.229. The highest BCUT2D eigenvalue weighted by Gasteiger charge is 2.20. The first-order valence-corrected chi connectivity index (χ1v) is 6.85. The molecule has 0 radical (unpaired) electrons. The van der Waals surface area contributed by atoms with E-state index in [2.05, 4.69) is 20.8 Å². The van der Waals surface area contributed by atoms with Crippen LogP contribution in [0.15, 0.2) is 5.16 Å². The van der Waals surface area contributed by atoms with Gasteiger partial charge in [0, 0.05) is 12.6 Å². The van der Waals surface area contributed by atoms with E-state index in [1.54, 1.807) is 4.68 Å². The SMILES string of the molecule is NC(=O)NC(=O)CSc1nnnn1CCNC1CC1. The van der Waals surface area contributed by atoms with Crippen LogP contribution in [-0.2, 0) is 11.3 Å².